The van der Waals surface area contributed by atoms with E-state index in [0.717, 1.165) is 12.8 Å². The highest BCUT2D eigenvalue weighted by atomic mass is 16.7. The molecule has 0 amide bonds. The number of methoxy groups -OCH3 is 1. The highest BCUT2D eigenvalue weighted by Crippen LogP contribution is 2.45. The second-order valence-electron chi connectivity index (χ2n) is 4.80. The third kappa shape index (κ3) is 1.44. The van der Waals surface area contributed by atoms with Crippen molar-refractivity contribution < 1.29 is 14.4 Å². The zero-order valence-electron chi connectivity index (χ0n) is 9.45. The third-order valence-corrected chi connectivity index (χ3v) is 3.35. The molecule has 0 aromatic carbocycles. The lowest BCUT2D eigenvalue weighted by molar-refractivity contribution is -0.150. The van der Waals surface area contributed by atoms with Crippen LogP contribution in [0.1, 0.15) is 26.7 Å². The van der Waals surface area contributed by atoms with Gasteiger partial charge in [0, 0.05) is 0 Å². The monoisotopic (exact) mass is 211 g/mol. The number of hydrogen-bond donors (Lipinski definition) is 0. The van der Waals surface area contributed by atoms with E-state index in [1.807, 2.05) is 5.06 Å². The lowest BCUT2D eigenvalue weighted by atomic mass is 9.97. The zero-order valence-corrected chi connectivity index (χ0v) is 9.45. The van der Waals surface area contributed by atoms with Crippen molar-refractivity contribution in [3.8, 4) is 0 Å². The maximum absolute atomic E-state index is 11.6. The van der Waals surface area contributed by atoms with E-state index in [-0.39, 0.29) is 23.5 Å². The maximum Gasteiger partial charge on any atom is 0.318 e. The molecule has 84 valence electrons. The lowest BCUT2D eigenvalue weighted by Gasteiger charge is -2.28. The van der Waals surface area contributed by atoms with Crippen molar-refractivity contribution in [1.82, 2.24) is 5.06 Å². The Morgan fingerprint density at radius 2 is 2.33 bits per heavy atom. The fourth-order valence-corrected chi connectivity index (χ4v) is 2.48. The quantitative estimate of drug-likeness (QED) is 0.616. The van der Waals surface area contributed by atoms with Crippen LogP contribution in [0.25, 0.3) is 0 Å². The third-order valence-electron chi connectivity index (χ3n) is 3.35. The van der Waals surface area contributed by atoms with Crippen LogP contribution in [-0.4, -0.2) is 29.7 Å². The first-order chi connectivity index (χ1) is 6.97. The standard InChI is InChI=1S/C11H17NO3/c1-7-9(10(13)14-4)8-5-6-11(2,3)12(8)15-7/h8-9H,1,5-6H2,2-4H3. The molecule has 2 unspecified atom stereocenters. The van der Waals surface area contributed by atoms with E-state index in [0.29, 0.717) is 5.76 Å². The molecule has 2 aliphatic rings. The molecule has 0 aromatic heterocycles. The first-order valence-electron chi connectivity index (χ1n) is 5.21. The Labute approximate surface area is 89.8 Å². The maximum atomic E-state index is 11.6. The molecule has 4 heteroatoms. The van der Waals surface area contributed by atoms with Gasteiger partial charge in [-0.15, -0.1) is 5.06 Å². The van der Waals surface area contributed by atoms with Crippen molar-refractivity contribution in [1.29, 1.82) is 0 Å². The molecular weight excluding hydrogens is 194 g/mol. The molecule has 2 rings (SSSR count). The molecule has 2 heterocycles. The van der Waals surface area contributed by atoms with Crippen LogP contribution in [0.4, 0.5) is 0 Å². The summed E-state index contributed by atoms with van der Waals surface area (Å²) < 4.78 is 4.77. The molecule has 0 radical (unpaired) electrons. The zero-order chi connectivity index (χ0) is 11.2. The van der Waals surface area contributed by atoms with E-state index in [1.54, 1.807) is 0 Å². The van der Waals surface area contributed by atoms with Crippen LogP contribution in [0.2, 0.25) is 0 Å². The van der Waals surface area contributed by atoms with Gasteiger partial charge < -0.3 is 9.57 Å². The molecule has 0 spiro atoms. The van der Waals surface area contributed by atoms with Crippen LogP contribution in [0, 0.1) is 5.92 Å². The topological polar surface area (TPSA) is 38.8 Å². The summed E-state index contributed by atoms with van der Waals surface area (Å²) in [6.45, 7) is 8.01. The Hall–Kier alpha value is -1.03. The summed E-state index contributed by atoms with van der Waals surface area (Å²) in [4.78, 5) is 17.2. The molecule has 2 saturated heterocycles. The van der Waals surface area contributed by atoms with Gasteiger partial charge in [0.25, 0.3) is 0 Å². The van der Waals surface area contributed by atoms with E-state index in [1.165, 1.54) is 7.11 Å². The van der Waals surface area contributed by atoms with Crippen LogP contribution in [0.3, 0.4) is 0 Å². The number of carbonyl (C=O) groups is 1. The van der Waals surface area contributed by atoms with Crippen molar-refractivity contribution in [3.63, 3.8) is 0 Å². The van der Waals surface area contributed by atoms with Gasteiger partial charge in [-0.2, -0.15) is 0 Å². The molecule has 2 atom stereocenters. The van der Waals surface area contributed by atoms with E-state index in [4.69, 9.17) is 9.57 Å². The molecule has 0 aliphatic carbocycles. The number of ether oxygens (including phenoxy) is 1. The van der Waals surface area contributed by atoms with Gasteiger partial charge in [-0.1, -0.05) is 6.58 Å². The lowest BCUT2D eigenvalue weighted by Crippen LogP contribution is -2.40. The Morgan fingerprint density at radius 3 is 2.93 bits per heavy atom. The summed E-state index contributed by atoms with van der Waals surface area (Å²) in [7, 11) is 1.40. The van der Waals surface area contributed by atoms with E-state index >= 15 is 0 Å². The van der Waals surface area contributed by atoms with Crippen LogP contribution in [0.15, 0.2) is 12.3 Å². The summed E-state index contributed by atoms with van der Waals surface area (Å²) in [6, 6.07) is 0.0972. The number of rotatable bonds is 1. The summed E-state index contributed by atoms with van der Waals surface area (Å²) in [5, 5.41) is 1.90. The summed E-state index contributed by atoms with van der Waals surface area (Å²) >= 11 is 0. The largest absolute Gasteiger partial charge is 0.468 e. The number of carbonyl (C=O) groups excluding carboxylic acids is 1. The molecule has 4 nitrogen and oxygen atoms in total. The summed E-state index contributed by atoms with van der Waals surface area (Å²) in [5.41, 5.74) is -0.0175. The van der Waals surface area contributed by atoms with Gasteiger partial charge in [0.15, 0.2) is 0 Å². The molecule has 0 saturated carbocycles. The van der Waals surface area contributed by atoms with Crippen molar-refractivity contribution >= 4 is 5.97 Å². The molecule has 0 bridgehead atoms. The average Bonchev–Trinajstić information content (AvgIpc) is 2.64. The summed E-state index contributed by atoms with van der Waals surface area (Å²) in [6.07, 6.45) is 1.98. The van der Waals surface area contributed by atoms with Crippen LogP contribution >= 0.6 is 0 Å². The van der Waals surface area contributed by atoms with Gasteiger partial charge >= 0.3 is 5.97 Å². The van der Waals surface area contributed by atoms with Crippen molar-refractivity contribution in [2.24, 2.45) is 5.92 Å². The van der Waals surface area contributed by atoms with Crippen molar-refractivity contribution in [2.45, 2.75) is 38.3 Å². The minimum Gasteiger partial charge on any atom is -0.468 e. The Kier molecular flexibility index (Phi) is 2.26. The van der Waals surface area contributed by atoms with Gasteiger partial charge in [-0.05, 0) is 26.7 Å². The second kappa shape index (κ2) is 3.23. The predicted molar refractivity (Wildman–Crippen MR) is 54.7 cm³/mol. The second-order valence-corrected chi connectivity index (χ2v) is 4.80. The van der Waals surface area contributed by atoms with Crippen LogP contribution in [-0.2, 0) is 14.4 Å². The Bertz CT molecular complexity index is 311. The van der Waals surface area contributed by atoms with Crippen LogP contribution < -0.4 is 0 Å². The number of hydroxylamine groups is 2. The molecular formula is C11H17NO3. The van der Waals surface area contributed by atoms with Gasteiger partial charge in [0.05, 0.1) is 18.7 Å². The minimum atomic E-state index is -0.322. The summed E-state index contributed by atoms with van der Waals surface area (Å²) in [5.74, 6) is -0.0541. The van der Waals surface area contributed by atoms with Gasteiger partial charge in [0.2, 0.25) is 0 Å². The van der Waals surface area contributed by atoms with E-state index in [2.05, 4.69) is 20.4 Å². The smallest absolute Gasteiger partial charge is 0.318 e. The van der Waals surface area contributed by atoms with E-state index < -0.39 is 0 Å². The minimum absolute atomic E-state index is 0.0175. The van der Waals surface area contributed by atoms with E-state index in [9.17, 15) is 4.79 Å². The fourth-order valence-electron chi connectivity index (χ4n) is 2.48. The predicted octanol–water partition coefficient (Wildman–Crippen LogP) is 1.48. The van der Waals surface area contributed by atoms with Crippen molar-refractivity contribution in [2.75, 3.05) is 7.11 Å². The Morgan fingerprint density at radius 1 is 1.67 bits per heavy atom. The van der Waals surface area contributed by atoms with Gasteiger partial charge in [0.1, 0.15) is 11.7 Å². The van der Waals surface area contributed by atoms with Crippen molar-refractivity contribution in [3.05, 3.63) is 12.3 Å². The highest BCUT2D eigenvalue weighted by Gasteiger charge is 2.54. The molecule has 2 aliphatic heterocycles. The number of nitrogens with zero attached hydrogens (tertiary/aromatic N) is 1. The molecule has 2 fully saturated rings. The Balaban J connectivity index is 2.24. The number of esters is 1. The number of hydrogen-bond acceptors (Lipinski definition) is 4. The highest BCUT2D eigenvalue weighted by molar-refractivity contribution is 5.76. The number of fused-ring (bicyclic) bond motifs is 1. The van der Waals surface area contributed by atoms with Gasteiger partial charge in [-0.3, -0.25) is 4.79 Å². The fraction of sp³-hybridized carbons (Fsp3) is 0.727. The molecule has 0 N–H and O–H groups in total. The first kappa shape index (κ1) is 10.5. The van der Waals surface area contributed by atoms with Gasteiger partial charge in [-0.25, -0.2) is 0 Å². The average molecular weight is 211 g/mol. The molecule has 15 heavy (non-hydrogen) atoms. The first-order valence-corrected chi connectivity index (χ1v) is 5.21. The SMILES string of the molecule is C=C1ON2C(CCC2(C)C)C1C(=O)OC. The van der Waals surface area contributed by atoms with Crippen LogP contribution in [0.5, 0.6) is 0 Å². The molecule has 0 aromatic rings. The normalized spacial score (nSPS) is 33.7.